The Bertz CT molecular complexity index is 697. The van der Waals surface area contributed by atoms with Crippen molar-refractivity contribution in [2.45, 2.75) is 44.3 Å². The zero-order valence-electron chi connectivity index (χ0n) is 12.0. The van der Waals surface area contributed by atoms with Crippen LogP contribution in [0.25, 0.3) is 0 Å². The van der Waals surface area contributed by atoms with Gasteiger partial charge in [-0.05, 0) is 12.8 Å². The van der Waals surface area contributed by atoms with E-state index in [1.807, 2.05) is 0 Å². The molecule has 2 fully saturated rings. The maximum Gasteiger partial charge on any atom is 0.395 e. The van der Waals surface area contributed by atoms with Crippen molar-refractivity contribution in [1.29, 1.82) is 0 Å². The summed E-state index contributed by atoms with van der Waals surface area (Å²) >= 11 is 0. The highest BCUT2D eigenvalue weighted by atomic mass is 19.4. The van der Waals surface area contributed by atoms with Gasteiger partial charge in [0, 0.05) is 13.1 Å². The van der Waals surface area contributed by atoms with Crippen molar-refractivity contribution in [3.8, 4) is 0 Å². The number of carbonyl (C=O) groups is 1. The molecule has 23 heavy (non-hydrogen) atoms. The van der Waals surface area contributed by atoms with E-state index in [1.54, 1.807) is 0 Å². The number of carbonyl (C=O) groups excluding carboxylic acids is 1. The number of nitrogens with zero attached hydrogens (tertiary/aromatic N) is 3. The summed E-state index contributed by atoms with van der Waals surface area (Å²) in [7, 11) is 0. The molecular formula is C13H15F3N4O3. The van der Waals surface area contributed by atoms with Gasteiger partial charge in [0.15, 0.2) is 5.82 Å². The highest BCUT2D eigenvalue weighted by Gasteiger charge is 2.63. The Morgan fingerprint density at radius 1 is 1.26 bits per heavy atom. The second-order valence-electron chi connectivity index (χ2n) is 6.24. The van der Waals surface area contributed by atoms with Gasteiger partial charge in [-0.15, -0.1) is 0 Å². The third-order valence-corrected chi connectivity index (χ3v) is 5.01. The van der Waals surface area contributed by atoms with Gasteiger partial charge in [-0.25, -0.2) is 9.89 Å². The number of H-pyrrole nitrogens is 1. The highest BCUT2D eigenvalue weighted by molar-refractivity contribution is 5.80. The van der Waals surface area contributed by atoms with Crippen molar-refractivity contribution in [3.63, 3.8) is 0 Å². The third-order valence-electron chi connectivity index (χ3n) is 5.01. The fourth-order valence-electron chi connectivity index (χ4n) is 3.98. The Hall–Kier alpha value is -1.84. The molecule has 4 heterocycles. The van der Waals surface area contributed by atoms with E-state index in [4.69, 9.17) is 4.74 Å². The van der Waals surface area contributed by atoms with E-state index in [9.17, 15) is 22.8 Å². The number of hydrogen-bond acceptors (Lipinski definition) is 4. The molecule has 0 spiro atoms. The van der Waals surface area contributed by atoms with Crippen molar-refractivity contribution in [2.24, 2.45) is 11.8 Å². The summed E-state index contributed by atoms with van der Waals surface area (Å²) < 4.78 is 46.7. The van der Waals surface area contributed by atoms with Crippen LogP contribution in [0.1, 0.15) is 18.7 Å². The Labute approximate surface area is 128 Å². The van der Waals surface area contributed by atoms with Gasteiger partial charge in [0.25, 0.3) is 0 Å². The van der Waals surface area contributed by atoms with Gasteiger partial charge in [-0.2, -0.15) is 18.3 Å². The first-order valence-electron chi connectivity index (χ1n) is 7.51. The standard InChI is InChI=1S/C13H15F3N4O3/c14-13(15,16)10-7-2-1-6(23-7)9(10)11(21)19-3-4-20-8(5-19)17-18-12(20)22/h6-7,9-10H,1-5H2,(H,18,22). The molecule has 0 aromatic carbocycles. The predicted molar refractivity (Wildman–Crippen MR) is 69.2 cm³/mol. The minimum absolute atomic E-state index is 0.0377. The quantitative estimate of drug-likeness (QED) is 0.800. The maximum absolute atomic E-state index is 13.3. The molecule has 2 bridgehead atoms. The summed E-state index contributed by atoms with van der Waals surface area (Å²) in [6, 6.07) is 0. The summed E-state index contributed by atoms with van der Waals surface area (Å²) in [5.74, 6) is -3.12. The lowest BCUT2D eigenvalue weighted by atomic mass is 9.78. The highest BCUT2D eigenvalue weighted by Crippen LogP contribution is 2.51. The van der Waals surface area contributed by atoms with Gasteiger partial charge in [0.05, 0.1) is 30.6 Å². The summed E-state index contributed by atoms with van der Waals surface area (Å²) in [6.45, 7) is 0.467. The van der Waals surface area contributed by atoms with Gasteiger partial charge in [-0.3, -0.25) is 9.36 Å². The van der Waals surface area contributed by atoms with Gasteiger partial charge < -0.3 is 9.64 Å². The van der Waals surface area contributed by atoms with E-state index >= 15 is 0 Å². The minimum Gasteiger partial charge on any atom is -0.373 e. The van der Waals surface area contributed by atoms with Crippen molar-refractivity contribution in [1.82, 2.24) is 19.7 Å². The molecule has 1 amide bonds. The molecule has 7 nitrogen and oxygen atoms in total. The van der Waals surface area contributed by atoms with Crippen LogP contribution in [0.15, 0.2) is 4.79 Å². The smallest absolute Gasteiger partial charge is 0.373 e. The lowest BCUT2D eigenvalue weighted by Gasteiger charge is -2.34. The van der Waals surface area contributed by atoms with E-state index in [0.29, 0.717) is 18.7 Å². The molecule has 4 rings (SSSR count). The van der Waals surface area contributed by atoms with Crippen LogP contribution in [-0.2, 0) is 22.6 Å². The number of fused-ring (bicyclic) bond motifs is 3. The molecule has 4 unspecified atom stereocenters. The zero-order valence-corrected chi connectivity index (χ0v) is 12.0. The van der Waals surface area contributed by atoms with E-state index < -0.39 is 36.1 Å². The molecule has 2 saturated heterocycles. The van der Waals surface area contributed by atoms with Crippen LogP contribution in [-0.4, -0.2) is 50.5 Å². The normalized spacial score (nSPS) is 33.1. The summed E-state index contributed by atoms with van der Waals surface area (Å²) in [6.07, 6.45) is -5.21. The van der Waals surface area contributed by atoms with Gasteiger partial charge >= 0.3 is 11.9 Å². The van der Waals surface area contributed by atoms with Gasteiger partial charge in [-0.1, -0.05) is 0 Å². The average molecular weight is 332 g/mol. The molecule has 4 atom stereocenters. The second-order valence-corrected chi connectivity index (χ2v) is 6.24. The average Bonchev–Trinajstić information content (AvgIpc) is 3.19. The van der Waals surface area contributed by atoms with Crippen molar-refractivity contribution >= 4 is 5.91 Å². The van der Waals surface area contributed by atoms with Crippen LogP contribution in [0, 0.1) is 11.8 Å². The van der Waals surface area contributed by atoms with E-state index in [1.165, 1.54) is 9.47 Å². The molecule has 3 aliphatic heterocycles. The molecule has 1 aromatic heterocycles. The SMILES string of the molecule is O=C(C1C2CCC(O2)C1C(F)(F)F)N1CCn2c(n[nH]c2=O)C1. The third kappa shape index (κ3) is 2.19. The number of nitrogens with one attached hydrogen (secondary N) is 1. The van der Waals surface area contributed by atoms with Crippen LogP contribution in [0.4, 0.5) is 13.2 Å². The summed E-state index contributed by atoms with van der Waals surface area (Å²) in [5, 5.41) is 6.09. The monoisotopic (exact) mass is 332 g/mol. The lowest BCUT2D eigenvalue weighted by Crippen LogP contribution is -2.50. The number of amides is 1. The lowest BCUT2D eigenvalue weighted by molar-refractivity contribution is -0.199. The van der Waals surface area contributed by atoms with E-state index in [2.05, 4.69) is 10.2 Å². The number of halogens is 3. The summed E-state index contributed by atoms with van der Waals surface area (Å²) in [5.41, 5.74) is -0.372. The largest absolute Gasteiger partial charge is 0.395 e. The minimum atomic E-state index is -4.45. The van der Waals surface area contributed by atoms with Crippen LogP contribution in [0.2, 0.25) is 0 Å². The van der Waals surface area contributed by atoms with E-state index in [0.717, 1.165) is 0 Å². The van der Waals surface area contributed by atoms with Gasteiger partial charge in [0.2, 0.25) is 5.91 Å². The van der Waals surface area contributed by atoms with Crippen LogP contribution in [0.3, 0.4) is 0 Å². The van der Waals surface area contributed by atoms with Crippen LogP contribution < -0.4 is 5.69 Å². The molecule has 126 valence electrons. The zero-order chi connectivity index (χ0) is 16.4. The van der Waals surface area contributed by atoms with Gasteiger partial charge in [0.1, 0.15) is 0 Å². The number of rotatable bonds is 1. The Morgan fingerprint density at radius 2 is 2.00 bits per heavy atom. The number of aromatic amines is 1. The number of aromatic nitrogens is 3. The molecule has 1 N–H and O–H groups in total. The Kier molecular flexibility index (Phi) is 3.09. The Morgan fingerprint density at radius 3 is 2.74 bits per heavy atom. The first-order valence-corrected chi connectivity index (χ1v) is 7.51. The maximum atomic E-state index is 13.3. The second kappa shape index (κ2) is 4.83. The first kappa shape index (κ1) is 14.7. The predicted octanol–water partition coefficient (Wildman–Crippen LogP) is 0.269. The first-order chi connectivity index (χ1) is 10.9. The summed E-state index contributed by atoms with van der Waals surface area (Å²) in [4.78, 5) is 25.5. The van der Waals surface area contributed by atoms with Crippen LogP contribution in [0.5, 0.6) is 0 Å². The topological polar surface area (TPSA) is 80.2 Å². The molecule has 1 aromatic rings. The van der Waals surface area contributed by atoms with E-state index in [-0.39, 0.29) is 25.3 Å². The number of hydrogen-bond donors (Lipinski definition) is 1. The molecule has 3 aliphatic rings. The van der Waals surface area contributed by atoms with Crippen molar-refractivity contribution in [2.75, 3.05) is 6.54 Å². The van der Waals surface area contributed by atoms with Crippen molar-refractivity contribution < 1.29 is 22.7 Å². The molecule has 0 aliphatic carbocycles. The molecule has 10 heteroatoms. The fraction of sp³-hybridized carbons (Fsp3) is 0.769. The van der Waals surface area contributed by atoms with Crippen LogP contribution >= 0.6 is 0 Å². The Balaban J connectivity index is 1.58. The fourth-order valence-corrected chi connectivity index (χ4v) is 3.98. The molecule has 0 saturated carbocycles. The molecular weight excluding hydrogens is 317 g/mol. The molecule has 0 radical (unpaired) electrons. The van der Waals surface area contributed by atoms with Crippen molar-refractivity contribution in [3.05, 3.63) is 16.3 Å². The number of alkyl halides is 3. The number of ether oxygens (including phenoxy) is 1.